The summed E-state index contributed by atoms with van der Waals surface area (Å²) >= 11 is 0. The van der Waals surface area contributed by atoms with Crippen LogP contribution < -0.4 is 9.64 Å². The number of anilines is 1. The first-order chi connectivity index (χ1) is 16.8. The number of para-hydroxylation sites is 1. The van der Waals surface area contributed by atoms with E-state index in [1.54, 1.807) is 0 Å². The van der Waals surface area contributed by atoms with Crippen LogP contribution in [-0.4, -0.2) is 47.3 Å². The molecule has 0 N–H and O–H groups in total. The standard InChI is InChI=1S/C29H34N4O/c1-2-7-25(8-3-1)34-26-11-9-23(10-12-26)27-13-14-28(31-30-27)33-21-17-29(18-22-33)15-19-32(20-16-29)24-5-4-6-24/h1-3,7-14,24H,4-6,15-22H2. The minimum absolute atomic E-state index is 0.563. The Morgan fingerprint density at radius 3 is 2.00 bits per heavy atom. The summed E-state index contributed by atoms with van der Waals surface area (Å²) in [7, 11) is 0. The summed E-state index contributed by atoms with van der Waals surface area (Å²) in [6.45, 7) is 4.83. The van der Waals surface area contributed by atoms with Crippen LogP contribution in [0.25, 0.3) is 11.3 Å². The van der Waals surface area contributed by atoms with Gasteiger partial charge in [-0.3, -0.25) is 0 Å². The lowest BCUT2D eigenvalue weighted by atomic mass is 9.70. The van der Waals surface area contributed by atoms with Crippen LogP contribution in [0, 0.1) is 5.41 Å². The maximum absolute atomic E-state index is 5.90. The topological polar surface area (TPSA) is 41.5 Å². The Morgan fingerprint density at radius 2 is 1.38 bits per heavy atom. The van der Waals surface area contributed by atoms with Crippen molar-refractivity contribution in [1.29, 1.82) is 0 Å². The molecule has 5 nitrogen and oxygen atoms in total. The highest BCUT2D eigenvalue weighted by molar-refractivity contribution is 5.61. The summed E-state index contributed by atoms with van der Waals surface area (Å²) in [6.07, 6.45) is 9.64. The Kier molecular flexibility index (Phi) is 5.96. The van der Waals surface area contributed by atoms with Gasteiger partial charge in [-0.15, -0.1) is 10.2 Å². The molecule has 1 saturated carbocycles. The predicted molar refractivity (Wildman–Crippen MR) is 136 cm³/mol. The summed E-state index contributed by atoms with van der Waals surface area (Å²) in [5.74, 6) is 2.67. The second kappa shape index (κ2) is 9.38. The molecule has 6 rings (SSSR count). The quantitative estimate of drug-likeness (QED) is 0.461. The third kappa shape index (κ3) is 4.54. The van der Waals surface area contributed by atoms with E-state index in [1.807, 2.05) is 54.6 Å². The van der Waals surface area contributed by atoms with Gasteiger partial charge in [0.15, 0.2) is 5.82 Å². The van der Waals surface area contributed by atoms with Crippen LogP contribution in [0.3, 0.4) is 0 Å². The van der Waals surface area contributed by atoms with Gasteiger partial charge in [-0.2, -0.15) is 0 Å². The SMILES string of the molecule is c1ccc(Oc2ccc(-c3ccc(N4CCC5(CC4)CCN(C4CCC4)CC5)nn3)cc2)cc1. The number of benzene rings is 2. The molecule has 3 heterocycles. The molecule has 0 bridgehead atoms. The third-order valence-electron chi connectivity index (χ3n) is 8.38. The molecular formula is C29H34N4O. The number of likely N-dealkylation sites (tertiary alicyclic amines) is 1. The molecule has 0 unspecified atom stereocenters. The number of ether oxygens (including phenoxy) is 1. The number of piperidine rings is 2. The Hall–Kier alpha value is -2.92. The van der Waals surface area contributed by atoms with Crippen molar-refractivity contribution in [2.75, 3.05) is 31.1 Å². The monoisotopic (exact) mass is 454 g/mol. The van der Waals surface area contributed by atoms with Crippen LogP contribution in [0.15, 0.2) is 66.7 Å². The molecule has 3 aromatic rings. The molecule has 3 fully saturated rings. The van der Waals surface area contributed by atoms with E-state index in [2.05, 4.69) is 32.1 Å². The van der Waals surface area contributed by atoms with Crippen LogP contribution >= 0.6 is 0 Å². The summed E-state index contributed by atoms with van der Waals surface area (Å²) in [4.78, 5) is 5.20. The van der Waals surface area contributed by atoms with Crippen molar-refractivity contribution in [3.63, 3.8) is 0 Å². The molecule has 0 radical (unpaired) electrons. The maximum atomic E-state index is 5.90. The van der Waals surface area contributed by atoms with Gasteiger partial charge in [0, 0.05) is 24.7 Å². The molecular weight excluding hydrogens is 420 g/mol. The van der Waals surface area contributed by atoms with E-state index in [1.165, 1.54) is 58.0 Å². The summed E-state index contributed by atoms with van der Waals surface area (Å²) in [5.41, 5.74) is 2.51. The molecule has 2 aliphatic heterocycles. The zero-order valence-electron chi connectivity index (χ0n) is 19.9. The molecule has 3 aliphatic rings. The lowest BCUT2D eigenvalue weighted by Gasteiger charge is -2.50. The van der Waals surface area contributed by atoms with Crippen LogP contribution in [0.1, 0.15) is 44.9 Å². The third-order valence-corrected chi connectivity index (χ3v) is 8.38. The highest BCUT2D eigenvalue weighted by Crippen LogP contribution is 2.43. The number of aromatic nitrogens is 2. The van der Waals surface area contributed by atoms with E-state index < -0.39 is 0 Å². The zero-order chi connectivity index (χ0) is 22.8. The van der Waals surface area contributed by atoms with Crippen molar-refractivity contribution in [3.8, 4) is 22.8 Å². The summed E-state index contributed by atoms with van der Waals surface area (Å²) in [5, 5.41) is 9.14. The van der Waals surface area contributed by atoms with Crippen LogP contribution in [-0.2, 0) is 0 Å². The number of nitrogens with zero attached hydrogens (tertiary/aromatic N) is 4. The molecule has 5 heteroatoms. The van der Waals surface area contributed by atoms with Gasteiger partial charge >= 0.3 is 0 Å². The Labute approximate surface area is 202 Å². The second-order valence-corrected chi connectivity index (χ2v) is 10.3. The highest BCUT2D eigenvalue weighted by Gasteiger charge is 2.39. The normalized spacial score (nSPS) is 20.8. The van der Waals surface area contributed by atoms with Gasteiger partial charge in [0.25, 0.3) is 0 Å². The van der Waals surface area contributed by atoms with Gasteiger partial charge in [0.2, 0.25) is 0 Å². The van der Waals surface area contributed by atoms with E-state index in [9.17, 15) is 0 Å². The molecule has 1 spiro atoms. The van der Waals surface area contributed by atoms with Crippen LogP contribution in [0.4, 0.5) is 5.82 Å². The average Bonchev–Trinajstić information content (AvgIpc) is 2.86. The maximum Gasteiger partial charge on any atom is 0.151 e. The van der Waals surface area contributed by atoms with Crippen molar-refractivity contribution >= 4 is 5.82 Å². The number of rotatable bonds is 5. The van der Waals surface area contributed by atoms with E-state index in [0.717, 1.165) is 47.7 Å². The highest BCUT2D eigenvalue weighted by atomic mass is 16.5. The summed E-state index contributed by atoms with van der Waals surface area (Å²) < 4.78 is 5.90. The lowest BCUT2D eigenvalue weighted by molar-refractivity contribution is 0.0305. The molecule has 1 aromatic heterocycles. The van der Waals surface area contributed by atoms with Crippen LogP contribution in [0.2, 0.25) is 0 Å². The van der Waals surface area contributed by atoms with Gasteiger partial charge in [-0.05, 0) is 106 Å². The van der Waals surface area contributed by atoms with Crippen molar-refractivity contribution in [2.45, 2.75) is 51.0 Å². The Balaban J connectivity index is 1.04. The average molecular weight is 455 g/mol. The fourth-order valence-corrected chi connectivity index (χ4v) is 5.79. The van der Waals surface area contributed by atoms with E-state index >= 15 is 0 Å². The predicted octanol–water partition coefficient (Wildman–Crippen LogP) is 6.17. The van der Waals surface area contributed by atoms with Gasteiger partial charge in [0.05, 0.1) is 5.69 Å². The van der Waals surface area contributed by atoms with Crippen molar-refractivity contribution in [1.82, 2.24) is 15.1 Å². The minimum atomic E-state index is 0.563. The number of hydrogen-bond acceptors (Lipinski definition) is 5. The van der Waals surface area contributed by atoms with Gasteiger partial charge < -0.3 is 14.5 Å². The number of hydrogen-bond donors (Lipinski definition) is 0. The summed E-state index contributed by atoms with van der Waals surface area (Å²) in [6, 6.07) is 23.0. The van der Waals surface area contributed by atoms with Gasteiger partial charge in [0.1, 0.15) is 11.5 Å². The molecule has 1 aliphatic carbocycles. The molecule has 2 aromatic carbocycles. The van der Waals surface area contributed by atoms with E-state index in [0.29, 0.717) is 5.41 Å². The molecule has 2 saturated heterocycles. The zero-order valence-corrected chi connectivity index (χ0v) is 19.9. The second-order valence-electron chi connectivity index (χ2n) is 10.3. The fourth-order valence-electron chi connectivity index (χ4n) is 5.79. The Bertz CT molecular complexity index is 1060. The first-order valence-electron chi connectivity index (χ1n) is 12.9. The van der Waals surface area contributed by atoms with Gasteiger partial charge in [-0.1, -0.05) is 24.6 Å². The van der Waals surface area contributed by atoms with E-state index in [-0.39, 0.29) is 0 Å². The minimum Gasteiger partial charge on any atom is -0.457 e. The van der Waals surface area contributed by atoms with Crippen molar-refractivity contribution < 1.29 is 4.74 Å². The van der Waals surface area contributed by atoms with Crippen LogP contribution in [0.5, 0.6) is 11.5 Å². The van der Waals surface area contributed by atoms with Crippen molar-refractivity contribution in [2.24, 2.45) is 5.41 Å². The first-order valence-corrected chi connectivity index (χ1v) is 12.9. The lowest BCUT2D eigenvalue weighted by Crippen LogP contribution is -2.51. The molecule has 0 amide bonds. The van der Waals surface area contributed by atoms with Gasteiger partial charge in [-0.25, -0.2) is 0 Å². The fraction of sp³-hybridized carbons (Fsp3) is 0.448. The van der Waals surface area contributed by atoms with E-state index in [4.69, 9.17) is 4.74 Å². The molecule has 0 atom stereocenters. The Morgan fingerprint density at radius 1 is 0.706 bits per heavy atom. The molecule has 34 heavy (non-hydrogen) atoms. The first kappa shape index (κ1) is 21.6. The molecule has 176 valence electrons. The largest absolute Gasteiger partial charge is 0.457 e. The van der Waals surface area contributed by atoms with Crippen molar-refractivity contribution in [3.05, 3.63) is 66.7 Å². The smallest absolute Gasteiger partial charge is 0.151 e.